The van der Waals surface area contributed by atoms with Crippen LogP contribution >= 0.6 is 0 Å². The number of benzene rings is 2. The van der Waals surface area contributed by atoms with E-state index in [0.717, 1.165) is 96.2 Å². The molecule has 6 aliphatic rings. The third-order valence-corrected chi connectivity index (χ3v) is 13.7. The topological polar surface area (TPSA) is 205 Å². The van der Waals surface area contributed by atoms with Crippen LogP contribution in [0.5, 0.6) is 11.5 Å². The molecule has 6 unspecified atom stereocenters. The molecule has 2 saturated carbocycles. The minimum atomic E-state index is -0.777. The van der Waals surface area contributed by atoms with Crippen molar-refractivity contribution >= 4 is 51.2 Å². The number of ether oxygens (including phenoxy) is 4. The number of aromatic amines is 2. The van der Waals surface area contributed by atoms with Gasteiger partial charge in [0.1, 0.15) is 29.4 Å². The first kappa shape index (κ1) is 49.9. The average molecular weight is 957 g/mol. The van der Waals surface area contributed by atoms with Gasteiger partial charge in [-0.1, -0.05) is 63.8 Å². The van der Waals surface area contributed by atoms with E-state index < -0.39 is 5.97 Å². The number of nitrogens with zero attached hydrogens (tertiary/aromatic N) is 3. The van der Waals surface area contributed by atoms with Gasteiger partial charge in [-0.2, -0.15) is 0 Å². The number of carboxylic acids is 1. The minimum absolute atomic E-state index is 0.000417. The number of para-hydroxylation sites is 4. The quantitative estimate of drug-likeness (QED) is 0.0927. The number of carbonyl (C=O) groups is 3. The Balaban J connectivity index is 0.000000124. The van der Waals surface area contributed by atoms with Crippen LogP contribution in [-0.4, -0.2) is 118 Å². The SMILES string of the molecule is C1CCC2OCCNC2C1.CC(CC(=O)N1CCOC2CCCCC21)c1c[nH]c2ncccc12.CC(CC(=O)O)c1c[nH]c2ncccc12.O=C1COc2ccccc2N1.c1ccc2c(c1)NCCO2. The van der Waals surface area contributed by atoms with E-state index in [1.807, 2.05) is 86.0 Å². The lowest BCUT2D eigenvalue weighted by Gasteiger charge is -2.44. The Morgan fingerprint density at radius 3 is 2.00 bits per heavy atom. The molecule has 70 heavy (non-hydrogen) atoms. The van der Waals surface area contributed by atoms with Crippen molar-refractivity contribution in [3.05, 3.63) is 109 Å². The second-order valence-electron chi connectivity index (χ2n) is 18.6. The number of aromatic nitrogens is 4. The van der Waals surface area contributed by atoms with E-state index in [-0.39, 0.29) is 48.8 Å². The van der Waals surface area contributed by atoms with E-state index in [1.165, 1.54) is 44.1 Å². The largest absolute Gasteiger partial charge is 0.490 e. The van der Waals surface area contributed by atoms with Gasteiger partial charge in [0.25, 0.3) is 5.91 Å². The molecule has 8 heterocycles. The van der Waals surface area contributed by atoms with Gasteiger partial charge in [-0.15, -0.1) is 0 Å². The van der Waals surface area contributed by atoms with E-state index in [0.29, 0.717) is 25.2 Å². The second-order valence-corrected chi connectivity index (χ2v) is 18.6. The van der Waals surface area contributed by atoms with Crippen LogP contribution in [0.2, 0.25) is 0 Å². The number of hydrogen-bond donors (Lipinski definition) is 6. The first-order valence-corrected chi connectivity index (χ1v) is 25.0. The molecule has 6 aromatic rings. The molecule has 4 fully saturated rings. The molecule has 2 aromatic carbocycles. The van der Waals surface area contributed by atoms with Crippen molar-refractivity contribution in [2.45, 2.75) is 114 Å². The van der Waals surface area contributed by atoms with Crippen LogP contribution in [0.4, 0.5) is 11.4 Å². The Bertz CT molecular complexity index is 2580. The van der Waals surface area contributed by atoms with Crippen LogP contribution in [0, 0.1) is 0 Å². The highest BCUT2D eigenvalue weighted by molar-refractivity contribution is 5.95. The highest BCUT2D eigenvalue weighted by Crippen LogP contribution is 2.33. The number of nitrogens with one attached hydrogen (secondary N) is 5. The summed E-state index contributed by atoms with van der Waals surface area (Å²) in [5, 5.41) is 20.3. The summed E-state index contributed by atoms with van der Waals surface area (Å²) in [5.74, 6) is 1.28. The Morgan fingerprint density at radius 1 is 0.700 bits per heavy atom. The van der Waals surface area contributed by atoms with Gasteiger partial charge in [-0.25, -0.2) is 9.97 Å². The summed E-state index contributed by atoms with van der Waals surface area (Å²) in [6.07, 6.45) is 18.8. The van der Waals surface area contributed by atoms with Crippen LogP contribution < -0.4 is 25.4 Å². The van der Waals surface area contributed by atoms with Crippen molar-refractivity contribution in [3.8, 4) is 11.5 Å². The number of amides is 2. The predicted octanol–water partition coefficient (Wildman–Crippen LogP) is 8.79. The van der Waals surface area contributed by atoms with Crippen molar-refractivity contribution in [1.29, 1.82) is 0 Å². The zero-order valence-electron chi connectivity index (χ0n) is 40.4. The standard InChI is InChI=1S/C19H25N3O2.C11H12N2O2.C8H7NO2.C8H15NO.C8H9NO/c1-13(15-12-21-19-14(15)5-4-8-20-19)11-18(23)22-9-10-24-17-7-3-2-6-16(17)22;1-7(5-10(14)15)9-6-13-11-8(9)3-2-4-12-11;10-8-5-11-7-4-2-1-3-6(7)9-8;2*1-2-4-8-7(3-1)9-5-6-10-8/h4-5,8,12-13,16-17H,2-3,6-7,9-11H2,1H3,(H,20,21);2-4,6-7H,5H2,1H3,(H,12,13)(H,14,15);1-4H,5H2,(H,9,10);7-9H,1-6H2;1-4,9H,5-6H2. The van der Waals surface area contributed by atoms with Gasteiger partial charge in [0.2, 0.25) is 5.91 Å². The van der Waals surface area contributed by atoms with Gasteiger partial charge in [0.15, 0.2) is 6.61 Å². The van der Waals surface area contributed by atoms with Crippen molar-refractivity contribution < 1.29 is 38.4 Å². The highest BCUT2D eigenvalue weighted by Gasteiger charge is 2.37. The molecule has 2 aliphatic carbocycles. The second kappa shape index (κ2) is 24.9. The van der Waals surface area contributed by atoms with Crippen molar-refractivity contribution in [2.24, 2.45) is 0 Å². The number of pyridine rings is 2. The van der Waals surface area contributed by atoms with Gasteiger partial charge < -0.3 is 54.9 Å². The fourth-order valence-corrected chi connectivity index (χ4v) is 10.1. The molecular weight excluding hydrogens is 889 g/mol. The highest BCUT2D eigenvalue weighted by atomic mass is 16.5. The Labute approximate surface area is 409 Å². The molecule has 16 heteroatoms. The molecule has 4 aromatic heterocycles. The maximum absolute atomic E-state index is 12.9. The molecule has 0 radical (unpaired) electrons. The fourth-order valence-electron chi connectivity index (χ4n) is 10.1. The predicted molar refractivity (Wildman–Crippen MR) is 271 cm³/mol. The van der Waals surface area contributed by atoms with Crippen LogP contribution in [0.15, 0.2) is 97.6 Å². The molecular formula is C54H68N8O8. The van der Waals surface area contributed by atoms with Gasteiger partial charge in [0, 0.05) is 67.7 Å². The third-order valence-electron chi connectivity index (χ3n) is 13.7. The number of fused-ring (bicyclic) bond motifs is 6. The number of H-pyrrole nitrogens is 2. The minimum Gasteiger partial charge on any atom is -0.490 e. The van der Waals surface area contributed by atoms with Crippen molar-refractivity contribution in [3.63, 3.8) is 0 Å². The number of morpholine rings is 2. The number of rotatable bonds is 6. The molecule has 16 nitrogen and oxygen atoms in total. The Kier molecular flexibility index (Phi) is 17.7. The maximum Gasteiger partial charge on any atom is 0.303 e. The summed E-state index contributed by atoms with van der Waals surface area (Å²) in [6.45, 7) is 9.24. The number of anilines is 2. The van der Waals surface area contributed by atoms with E-state index in [2.05, 4.69) is 53.8 Å². The number of hydrogen-bond acceptors (Lipinski definition) is 11. The van der Waals surface area contributed by atoms with Crippen molar-refractivity contribution in [2.75, 3.05) is 56.7 Å². The van der Waals surface area contributed by atoms with E-state index >= 15 is 0 Å². The van der Waals surface area contributed by atoms with Crippen molar-refractivity contribution in [1.82, 2.24) is 30.2 Å². The van der Waals surface area contributed by atoms with E-state index in [1.54, 1.807) is 12.4 Å². The average Bonchev–Trinajstić information content (AvgIpc) is 4.05. The lowest BCUT2D eigenvalue weighted by Crippen LogP contribution is -2.55. The molecule has 2 amide bonds. The van der Waals surface area contributed by atoms with E-state index in [4.69, 9.17) is 24.1 Å². The monoisotopic (exact) mass is 957 g/mol. The molecule has 6 N–H and O–H groups in total. The summed E-state index contributed by atoms with van der Waals surface area (Å²) in [4.78, 5) is 51.2. The normalized spacial score (nSPS) is 21.7. The summed E-state index contributed by atoms with van der Waals surface area (Å²) in [7, 11) is 0. The van der Waals surface area contributed by atoms with Crippen LogP contribution in [-0.2, 0) is 23.9 Å². The van der Waals surface area contributed by atoms with Gasteiger partial charge in [0.05, 0.1) is 49.3 Å². The molecule has 2 saturated heterocycles. The molecule has 12 rings (SSSR count). The number of carboxylic acid groups (broad SMARTS) is 1. The first-order chi connectivity index (χ1) is 34.2. The number of aliphatic carboxylic acids is 1. The Hall–Kier alpha value is -6.49. The fraction of sp³-hybridized carbons (Fsp3) is 0.463. The van der Waals surface area contributed by atoms with Crippen LogP contribution in [0.25, 0.3) is 22.1 Å². The summed E-state index contributed by atoms with van der Waals surface area (Å²) in [5.41, 5.74) is 5.76. The smallest absolute Gasteiger partial charge is 0.303 e. The zero-order chi connectivity index (χ0) is 48.7. The molecule has 6 atom stereocenters. The Morgan fingerprint density at radius 2 is 1.31 bits per heavy atom. The van der Waals surface area contributed by atoms with Crippen LogP contribution in [0.1, 0.15) is 101 Å². The first-order valence-electron chi connectivity index (χ1n) is 25.0. The van der Waals surface area contributed by atoms with Gasteiger partial charge >= 0.3 is 5.97 Å². The molecule has 372 valence electrons. The maximum atomic E-state index is 12.9. The van der Waals surface area contributed by atoms with Gasteiger partial charge in [-0.05, 0) is 97.2 Å². The zero-order valence-corrected chi connectivity index (χ0v) is 40.4. The van der Waals surface area contributed by atoms with Gasteiger partial charge in [-0.3, -0.25) is 14.4 Å². The third kappa shape index (κ3) is 13.2. The lowest BCUT2D eigenvalue weighted by atomic mass is 9.89. The molecule has 4 aliphatic heterocycles. The van der Waals surface area contributed by atoms with Crippen LogP contribution in [0.3, 0.4) is 0 Å². The summed E-state index contributed by atoms with van der Waals surface area (Å²) >= 11 is 0. The summed E-state index contributed by atoms with van der Waals surface area (Å²) < 4.78 is 22.0. The summed E-state index contributed by atoms with van der Waals surface area (Å²) in [6, 6.07) is 24.1. The van der Waals surface area contributed by atoms with E-state index in [9.17, 15) is 14.4 Å². The number of carbonyl (C=O) groups excluding carboxylic acids is 2. The lowest BCUT2D eigenvalue weighted by molar-refractivity contribution is -0.149. The molecule has 0 bridgehead atoms. The molecule has 0 spiro atoms.